The molecule has 1 fully saturated rings. The van der Waals surface area contributed by atoms with E-state index in [-0.39, 0.29) is 11.8 Å². The molecule has 0 aliphatic carbocycles. The maximum atomic E-state index is 11.4. The van der Waals surface area contributed by atoms with E-state index in [9.17, 15) is 4.79 Å². The number of esters is 1. The summed E-state index contributed by atoms with van der Waals surface area (Å²) >= 11 is 0. The monoisotopic (exact) mass is 265 g/mol. The number of ether oxygens (including phenoxy) is 2. The van der Waals surface area contributed by atoms with Crippen LogP contribution in [0.15, 0.2) is 12.1 Å². The minimum Gasteiger partial charge on any atom is -0.473 e. The van der Waals surface area contributed by atoms with Crippen LogP contribution in [0, 0.1) is 0 Å². The topological polar surface area (TPSA) is 77.7 Å². The van der Waals surface area contributed by atoms with Crippen molar-refractivity contribution in [1.29, 1.82) is 0 Å². The van der Waals surface area contributed by atoms with Crippen LogP contribution >= 0.6 is 0 Å². The van der Waals surface area contributed by atoms with Gasteiger partial charge in [-0.05, 0) is 32.0 Å². The zero-order chi connectivity index (χ0) is 13.8. The van der Waals surface area contributed by atoms with Gasteiger partial charge in [-0.3, -0.25) is 0 Å². The van der Waals surface area contributed by atoms with Crippen molar-refractivity contribution in [3.8, 4) is 5.88 Å². The number of anilines is 1. The van der Waals surface area contributed by atoms with Crippen LogP contribution in [0.2, 0.25) is 0 Å². The molecule has 2 heterocycles. The lowest BCUT2D eigenvalue weighted by Gasteiger charge is -2.29. The van der Waals surface area contributed by atoms with E-state index in [2.05, 4.69) is 21.7 Å². The quantitative estimate of drug-likeness (QED) is 0.819. The number of hydrogen-bond donors (Lipinski definition) is 1. The number of methoxy groups -OCH3 is 1. The SMILES string of the molecule is COC(=O)c1ccc(N)c(OC2CCN(C)CC2)n1. The molecule has 1 aliphatic heterocycles. The average Bonchev–Trinajstić information content (AvgIpc) is 2.43. The fourth-order valence-electron chi connectivity index (χ4n) is 2.02. The summed E-state index contributed by atoms with van der Waals surface area (Å²) < 4.78 is 10.4. The number of likely N-dealkylation sites (tertiary alicyclic amines) is 1. The number of aromatic nitrogens is 1. The van der Waals surface area contributed by atoms with Gasteiger partial charge in [-0.15, -0.1) is 0 Å². The molecule has 6 heteroatoms. The van der Waals surface area contributed by atoms with Crippen LogP contribution in [0.5, 0.6) is 5.88 Å². The fourth-order valence-corrected chi connectivity index (χ4v) is 2.02. The van der Waals surface area contributed by atoms with Crippen LogP contribution in [0.25, 0.3) is 0 Å². The molecule has 2 rings (SSSR count). The third-order valence-electron chi connectivity index (χ3n) is 3.23. The first kappa shape index (κ1) is 13.6. The molecule has 0 radical (unpaired) electrons. The number of carbonyl (C=O) groups is 1. The van der Waals surface area contributed by atoms with Gasteiger partial charge >= 0.3 is 5.97 Å². The molecule has 0 amide bonds. The van der Waals surface area contributed by atoms with Crippen molar-refractivity contribution < 1.29 is 14.3 Å². The lowest BCUT2D eigenvalue weighted by Crippen LogP contribution is -2.36. The first-order valence-electron chi connectivity index (χ1n) is 6.30. The van der Waals surface area contributed by atoms with E-state index < -0.39 is 5.97 Å². The highest BCUT2D eigenvalue weighted by Crippen LogP contribution is 2.23. The van der Waals surface area contributed by atoms with Crippen LogP contribution < -0.4 is 10.5 Å². The van der Waals surface area contributed by atoms with Crippen molar-refractivity contribution in [1.82, 2.24) is 9.88 Å². The Morgan fingerprint density at radius 1 is 1.42 bits per heavy atom. The fraction of sp³-hybridized carbons (Fsp3) is 0.538. The summed E-state index contributed by atoms with van der Waals surface area (Å²) in [6, 6.07) is 3.15. The molecule has 0 spiro atoms. The zero-order valence-corrected chi connectivity index (χ0v) is 11.3. The number of carbonyl (C=O) groups excluding carboxylic acids is 1. The van der Waals surface area contributed by atoms with E-state index in [4.69, 9.17) is 10.5 Å². The average molecular weight is 265 g/mol. The van der Waals surface area contributed by atoms with Crippen molar-refractivity contribution in [3.05, 3.63) is 17.8 Å². The molecule has 0 aromatic carbocycles. The number of pyridine rings is 1. The van der Waals surface area contributed by atoms with Gasteiger partial charge in [-0.1, -0.05) is 0 Å². The Labute approximate surface area is 112 Å². The third kappa shape index (κ3) is 3.35. The zero-order valence-electron chi connectivity index (χ0n) is 11.3. The Morgan fingerprint density at radius 3 is 2.74 bits per heavy atom. The standard InChI is InChI=1S/C13H19N3O3/c1-16-7-5-9(6-8-16)19-12-10(14)3-4-11(15-12)13(17)18-2/h3-4,9H,5-8,14H2,1-2H3. The first-order valence-corrected chi connectivity index (χ1v) is 6.30. The number of nitrogens with two attached hydrogens (primary N) is 1. The van der Waals surface area contributed by atoms with Gasteiger partial charge in [0.25, 0.3) is 0 Å². The molecule has 1 saturated heterocycles. The molecule has 0 atom stereocenters. The van der Waals surface area contributed by atoms with Crippen molar-refractivity contribution in [3.63, 3.8) is 0 Å². The van der Waals surface area contributed by atoms with E-state index in [0.717, 1.165) is 25.9 Å². The van der Waals surface area contributed by atoms with E-state index in [1.807, 2.05) is 0 Å². The Kier molecular flexibility index (Phi) is 4.21. The van der Waals surface area contributed by atoms with Crippen molar-refractivity contribution >= 4 is 11.7 Å². The molecule has 19 heavy (non-hydrogen) atoms. The first-order chi connectivity index (χ1) is 9.10. The predicted octanol–water partition coefficient (Wildman–Crippen LogP) is 0.923. The minimum absolute atomic E-state index is 0.0962. The molecular formula is C13H19N3O3. The second kappa shape index (κ2) is 5.88. The van der Waals surface area contributed by atoms with Crippen molar-refractivity contribution in [2.75, 3.05) is 33.0 Å². The van der Waals surface area contributed by atoms with Gasteiger partial charge in [0.2, 0.25) is 5.88 Å². The predicted molar refractivity (Wildman–Crippen MR) is 71.1 cm³/mol. The van der Waals surface area contributed by atoms with Gasteiger partial charge in [-0.2, -0.15) is 0 Å². The van der Waals surface area contributed by atoms with Crippen molar-refractivity contribution in [2.45, 2.75) is 18.9 Å². The van der Waals surface area contributed by atoms with E-state index in [1.54, 1.807) is 6.07 Å². The molecule has 2 N–H and O–H groups in total. The second-order valence-corrected chi connectivity index (χ2v) is 4.70. The number of nitrogen functional groups attached to an aromatic ring is 1. The normalized spacial score (nSPS) is 17.2. The van der Waals surface area contributed by atoms with Gasteiger partial charge in [0.1, 0.15) is 6.10 Å². The van der Waals surface area contributed by atoms with E-state index in [0.29, 0.717) is 11.6 Å². The van der Waals surface area contributed by atoms with Crippen LogP contribution in [0.3, 0.4) is 0 Å². The Bertz CT molecular complexity index is 456. The summed E-state index contributed by atoms with van der Waals surface area (Å²) in [6.45, 7) is 1.97. The van der Waals surface area contributed by atoms with Gasteiger partial charge in [0.15, 0.2) is 5.69 Å². The molecule has 104 valence electrons. The molecule has 1 aliphatic rings. The van der Waals surface area contributed by atoms with E-state index >= 15 is 0 Å². The summed E-state index contributed by atoms with van der Waals surface area (Å²) in [7, 11) is 3.40. The van der Waals surface area contributed by atoms with Gasteiger partial charge in [0, 0.05) is 13.1 Å². The molecule has 0 unspecified atom stereocenters. The van der Waals surface area contributed by atoms with Gasteiger partial charge in [-0.25, -0.2) is 9.78 Å². The molecule has 6 nitrogen and oxygen atoms in total. The third-order valence-corrected chi connectivity index (χ3v) is 3.23. The number of rotatable bonds is 3. The number of hydrogen-bond acceptors (Lipinski definition) is 6. The Balaban J connectivity index is 2.08. The molecule has 1 aromatic rings. The summed E-state index contributed by atoms with van der Waals surface area (Å²) in [6.07, 6.45) is 1.96. The summed E-state index contributed by atoms with van der Waals surface area (Å²) in [5, 5.41) is 0. The van der Waals surface area contributed by atoms with Crippen LogP contribution in [0.1, 0.15) is 23.3 Å². The molecule has 0 bridgehead atoms. The summed E-state index contributed by atoms with van der Waals surface area (Å²) in [4.78, 5) is 17.8. The maximum Gasteiger partial charge on any atom is 0.356 e. The highest BCUT2D eigenvalue weighted by molar-refractivity contribution is 5.87. The van der Waals surface area contributed by atoms with Crippen molar-refractivity contribution in [2.24, 2.45) is 0 Å². The van der Waals surface area contributed by atoms with Crippen LogP contribution in [0.4, 0.5) is 5.69 Å². The molecule has 1 aromatic heterocycles. The largest absolute Gasteiger partial charge is 0.473 e. The minimum atomic E-state index is -0.492. The molecular weight excluding hydrogens is 246 g/mol. The Hall–Kier alpha value is -1.82. The number of piperidine rings is 1. The molecule has 0 saturated carbocycles. The van der Waals surface area contributed by atoms with Gasteiger partial charge in [0.05, 0.1) is 12.8 Å². The summed E-state index contributed by atoms with van der Waals surface area (Å²) in [5.74, 6) is -0.175. The second-order valence-electron chi connectivity index (χ2n) is 4.70. The summed E-state index contributed by atoms with van der Waals surface area (Å²) in [5.41, 5.74) is 6.47. The lowest BCUT2D eigenvalue weighted by atomic mass is 10.1. The highest BCUT2D eigenvalue weighted by atomic mass is 16.5. The lowest BCUT2D eigenvalue weighted by molar-refractivity contribution is 0.0590. The smallest absolute Gasteiger partial charge is 0.356 e. The van der Waals surface area contributed by atoms with Crippen LogP contribution in [-0.2, 0) is 4.74 Å². The maximum absolute atomic E-state index is 11.4. The highest BCUT2D eigenvalue weighted by Gasteiger charge is 2.20. The Morgan fingerprint density at radius 2 is 2.11 bits per heavy atom. The van der Waals surface area contributed by atoms with Gasteiger partial charge < -0.3 is 20.1 Å². The van der Waals surface area contributed by atoms with E-state index in [1.165, 1.54) is 13.2 Å². The number of nitrogens with zero attached hydrogens (tertiary/aromatic N) is 2. The van der Waals surface area contributed by atoms with Crippen LogP contribution in [-0.4, -0.2) is 49.2 Å².